The molecule has 4 rings (SSSR count). The molecule has 0 aromatic heterocycles. The molecule has 4 aliphatic heterocycles. The Balaban J connectivity index is 1.80. The second-order valence-electron chi connectivity index (χ2n) is 9.62. The van der Waals surface area contributed by atoms with E-state index in [1.807, 2.05) is 31.2 Å². The number of likely N-dealkylation sites (tertiary alicyclic amines) is 1. The molecule has 32 heavy (non-hydrogen) atoms. The molecule has 0 radical (unpaired) electrons. The van der Waals surface area contributed by atoms with E-state index in [2.05, 4.69) is 6.92 Å². The normalized spacial score (nSPS) is 36.3. The van der Waals surface area contributed by atoms with Gasteiger partial charge in [-0.3, -0.25) is 14.4 Å². The number of aliphatic hydroxyl groups is 1. The van der Waals surface area contributed by atoms with Gasteiger partial charge in [-0.05, 0) is 26.2 Å². The number of rotatable bonds is 7. The van der Waals surface area contributed by atoms with Crippen LogP contribution >= 0.6 is 0 Å². The third-order valence-corrected chi connectivity index (χ3v) is 7.43. The molecule has 2 saturated heterocycles. The van der Waals surface area contributed by atoms with Crippen LogP contribution in [0.25, 0.3) is 0 Å². The van der Waals surface area contributed by atoms with Crippen molar-refractivity contribution in [2.75, 3.05) is 39.8 Å². The summed E-state index contributed by atoms with van der Waals surface area (Å²) in [5.41, 5.74) is -2.13. The summed E-state index contributed by atoms with van der Waals surface area (Å²) in [5.74, 6) is -1.89. The molecule has 1 N–H and O–H groups in total. The van der Waals surface area contributed by atoms with Crippen LogP contribution < -0.4 is 0 Å². The minimum atomic E-state index is -1.17. The van der Waals surface area contributed by atoms with Gasteiger partial charge < -0.3 is 24.5 Å². The minimum Gasteiger partial charge on any atom is -0.396 e. The molecule has 176 valence electrons. The first-order valence-corrected chi connectivity index (χ1v) is 11.8. The highest BCUT2D eigenvalue weighted by Gasteiger charge is 2.74. The Hall–Kier alpha value is -2.19. The van der Waals surface area contributed by atoms with Gasteiger partial charge >= 0.3 is 0 Å². The summed E-state index contributed by atoms with van der Waals surface area (Å²) >= 11 is 0. The number of amides is 3. The average Bonchev–Trinajstić information content (AvgIpc) is 3.03. The summed E-state index contributed by atoms with van der Waals surface area (Å²) in [6.45, 7) is 5.88. The Morgan fingerprint density at radius 1 is 1.00 bits per heavy atom. The zero-order valence-electron chi connectivity index (χ0n) is 19.3. The van der Waals surface area contributed by atoms with E-state index in [4.69, 9.17) is 4.74 Å². The average molecular weight is 446 g/mol. The molecule has 8 heteroatoms. The van der Waals surface area contributed by atoms with Gasteiger partial charge in [0.1, 0.15) is 11.6 Å². The van der Waals surface area contributed by atoms with E-state index in [0.717, 1.165) is 12.8 Å². The van der Waals surface area contributed by atoms with E-state index >= 15 is 0 Å². The van der Waals surface area contributed by atoms with E-state index in [1.165, 1.54) is 0 Å². The monoisotopic (exact) mass is 445 g/mol. The molecule has 1 spiro atoms. The first-order chi connectivity index (χ1) is 15.3. The van der Waals surface area contributed by atoms with Crippen molar-refractivity contribution in [3.63, 3.8) is 0 Å². The van der Waals surface area contributed by atoms with Crippen LogP contribution in [0, 0.1) is 11.8 Å². The molecule has 3 amide bonds. The van der Waals surface area contributed by atoms with Gasteiger partial charge in [-0.1, -0.05) is 37.6 Å². The maximum absolute atomic E-state index is 13.9. The molecule has 4 heterocycles. The van der Waals surface area contributed by atoms with Crippen molar-refractivity contribution in [2.45, 2.75) is 56.8 Å². The number of carbonyl (C=O) groups excluding carboxylic acids is 3. The van der Waals surface area contributed by atoms with E-state index in [9.17, 15) is 19.5 Å². The second-order valence-corrected chi connectivity index (χ2v) is 9.62. The molecular weight excluding hydrogens is 410 g/mol. The Labute approximate surface area is 189 Å². The predicted octanol–water partition coefficient (Wildman–Crippen LogP) is 0.957. The molecule has 8 nitrogen and oxygen atoms in total. The van der Waals surface area contributed by atoms with Crippen LogP contribution in [-0.4, -0.2) is 94.6 Å². The molecule has 1 unspecified atom stereocenters. The number of ether oxygens (including phenoxy) is 1. The van der Waals surface area contributed by atoms with Crippen LogP contribution in [0.3, 0.4) is 0 Å². The van der Waals surface area contributed by atoms with Crippen LogP contribution in [0.2, 0.25) is 0 Å². The quantitative estimate of drug-likeness (QED) is 0.466. The standard InChI is InChI=1S/C24H35N3O5/c1-4-5-13-26-14-9-11-24-18(17-20(29)25(3)12-8-10-23(17,2)32-24)21(30)27(15-6-7-16-28)19(24)22(26)31/h8-11,17-19,28H,4-7,12-16H2,1-3H3/t17-,18-,19?,23+,24-/m0/s1. The highest BCUT2D eigenvalue weighted by atomic mass is 16.5. The molecule has 0 saturated carbocycles. The molecule has 5 atom stereocenters. The number of aliphatic hydroxyl groups excluding tert-OH is 1. The fraction of sp³-hybridized carbons (Fsp3) is 0.708. The predicted molar refractivity (Wildman–Crippen MR) is 118 cm³/mol. The van der Waals surface area contributed by atoms with Crippen molar-refractivity contribution < 1.29 is 24.2 Å². The number of fused-ring (bicyclic) bond motifs is 2. The summed E-state index contributed by atoms with van der Waals surface area (Å²) < 4.78 is 6.70. The Kier molecular flexibility index (Phi) is 6.20. The van der Waals surface area contributed by atoms with Crippen molar-refractivity contribution in [2.24, 2.45) is 11.8 Å². The Morgan fingerprint density at radius 3 is 2.47 bits per heavy atom. The van der Waals surface area contributed by atoms with Gasteiger partial charge in [0, 0.05) is 39.8 Å². The largest absolute Gasteiger partial charge is 0.396 e. The van der Waals surface area contributed by atoms with Crippen molar-refractivity contribution >= 4 is 17.7 Å². The number of hydrogen-bond acceptors (Lipinski definition) is 5. The lowest BCUT2D eigenvalue weighted by atomic mass is 9.74. The summed E-state index contributed by atoms with van der Waals surface area (Å²) in [6, 6.07) is -0.801. The SMILES string of the molecule is CCCCN1CC=C[C@]23O[C@]4(C)C=CCN(C)C(=O)[C@@H]4[C@H]2C(=O)N(CCCCO)C3C1=O. The van der Waals surface area contributed by atoms with Crippen LogP contribution in [0.4, 0.5) is 0 Å². The summed E-state index contributed by atoms with van der Waals surface area (Å²) in [4.78, 5) is 46.2. The van der Waals surface area contributed by atoms with Crippen LogP contribution in [0.15, 0.2) is 24.3 Å². The van der Waals surface area contributed by atoms with Gasteiger partial charge in [0.05, 0.1) is 17.4 Å². The first-order valence-electron chi connectivity index (χ1n) is 11.8. The molecule has 0 aromatic rings. The molecular formula is C24H35N3O5. The van der Waals surface area contributed by atoms with Gasteiger partial charge in [-0.15, -0.1) is 0 Å². The fourth-order valence-corrected chi connectivity index (χ4v) is 5.87. The van der Waals surface area contributed by atoms with Gasteiger partial charge in [-0.2, -0.15) is 0 Å². The van der Waals surface area contributed by atoms with Crippen molar-refractivity contribution in [1.29, 1.82) is 0 Å². The van der Waals surface area contributed by atoms with E-state index < -0.39 is 29.1 Å². The third kappa shape index (κ3) is 3.39. The molecule has 2 fully saturated rings. The number of hydrogen-bond donors (Lipinski definition) is 1. The third-order valence-electron chi connectivity index (χ3n) is 7.43. The maximum Gasteiger partial charge on any atom is 0.249 e. The lowest BCUT2D eigenvalue weighted by Crippen LogP contribution is -2.56. The zero-order chi connectivity index (χ0) is 23.1. The zero-order valence-corrected chi connectivity index (χ0v) is 19.3. The van der Waals surface area contributed by atoms with Crippen LogP contribution in [-0.2, 0) is 19.1 Å². The van der Waals surface area contributed by atoms with E-state index in [0.29, 0.717) is 39.0 Å². The topological polar surface area (TPSA) is 90.4 Å². The maximum atomic E-state index is 13.9. The molecule has 0 aliphatic carbocycles. The molecule has 4 aliphatic rings. The second kappa shape index (κ2) is 8.63. The highest BCUT2D eigenvalue weighted by Crippen LogP contribution is 2.57. The van der Waals surface area contributed by atoms with Crippen molar-refractivity contribution in [1.82, 2.24) is 14.7 Å². The van der Waals surface area contributed by atoms with E-state index in [-0.39, 0.29) is 24.3 Å². The number of likely N-dealkylation sites (N-methyl/N-ethyl adjacent to an activating group) is 1. The van der Waals surface area contributed by atoms with Gasteiger partial charge in [-0.25, -0.2) is 0 Å². The Bertz CT molecular complexity index is 841. The van der Waals surface area contributed by atoms with Crippen molar-refractivity contribution in [3.05, 3.63) is 24.3 Å². The van der Waals surface area contributed by atoms with Crippen LogP contribution in [0.5, 0.6) is 0 Å². The number of carbonyl (C=O) groups is 3. The lowest BCUT2D eigenvalue weighted by molar-refractivity contribution is -0.152. The summed E-state index contributed by atoms with van der Waals surface area (Å²) in [6.07, 6.45) is 10.6. The summed E-state index contributed by atoms with van der Waals surface area (Å²) in [5, 5.41) is 9.25. The Morgan fingerprint density at radius 2 is 1.75 bits per heavy atom. The highest BCUT2D eigenvalue weighted by molar-refractivity contribution is 6.00. The van der Waals surface area contributed by atoms with Gasteiger partial charge in [0.2, 0.25) is 17.7 Å². The first kappa shape index (κ1) is 23.0. The van der Waals surface area contributed by atoms with Gasteiger partial charge in [0.15, 0.2) is 0 Å². The molecule has 0 bridgehead atoms. The molecule has 0 aromatic carbocycles. The van der Waals surface area contributed by atoms with E-state index in [1.54, 1.807) is 21.7 Å². The van der Waals surface area contributed by atoms with Crippen LogP contribution in [0.1, 0.15) is 39.5 Å². The minimum absolute atomic E-state index is 0.0308. The summed E-state index contributed by atoms with van der Waals surface area (Å²) in [7, 11) is 1.74. The fourth-order valence-electron chi connectivity index (χ4n) is 5.87. The van der Waals surface area contributed by atoms with Gasteiger partial charge in [0.25, 0.3) is 0 Å². The smallest absolute Gasteiger partial charge is 0.249 e. The lowest BCUT2D eigenvalue weighted by Gasteiger charge is -2.37. The number of unbranched alkanes of at least 4 members (excludes halogenated alkanes) is 2. The number of nitrogens with zero attached hydrogens (tertiary/aromatic N) is 3. The van der Waals surface area contributed by atoms with Crippen molar-refractivity contribution in [3.8, 4) is 0 Å².